The first-order chi connectivity index (χ1) is 9.85. The molecule has 0 spiro atoms. The second-order valence-corrected chi connectivity index (χ2v) is 7.07. The lowest BCUT2D eigenvalue weighted by molar-refractivity contribution is -0.131. The maximum Gasteiger partial charge on any atom is 0.408 e. The van der Waals surface area contributed by atoms with Crippen LogP contribution in [0.1, 0.15) is 48.5 Å². The van der Waals surface area contributed by atoms with Gasteiger partial charge in [-0.15, -0.1) is 0 Å². The van der Waals surface area contributed by atoms with E-state index in [2.05, 4.69) is 10.6 Å². The summed E-state index contributed by atoms with van der Waals surface area (Å²) < 4.78 is 10.9. The molecule has 2 atom stereocenters. The van der Waals surface area contributed by atoms with Crippen molar-refractivity contribution in [3.05, 3.63) is 0 Å². The Hall–Kier alpha value is -1.34. The van der Waals surface area contributed by atoms with E-state index in [0.717, 1.165) is 0 Å². The Bertz CT molecular complexity index is 371. The van der Waals surface area contributed by atoms with Crippen LogP contribution in [0.4, 0.5) is 4.79 Å². The summed E-state index contributed by atoms with van der Waals surface area (Å²) in [4.78, 5) is 24.1. The molecule has 0 saturated heterocycles. The lowest BCUT2D eigenvalue weighted by Gasteiger charge is -2.31. The molecule has 130 valence electrons. The quantitative estimate of drug-likeness (QED) is 0.683. The smallest absolute Gasteiger partial charge is 0.408 e. The van der Waals surface area contributed by atoms with E-state index in [1.807, 2.05) is 20.8 Å². The third kappa shape index (κ3) is 9.57. The highest BCUT2D eigenvalue weighted by Gasteiger charge is 2.31. The topological polar surface area (TPSA) is 96.9 Å². The average molecular weight is 318 g/mol. The van der Waals surface area contributed by atoms with Gasteiger partial charge in [-0.2, -0.15) is 0 Å². The highest BCUT2D eigenvalue weighted by Crippen LogP contribution is 2.14. The van der Waals surface area contributed by atoms with E-state index >= 15 is 0 Å². The molecule has 0 aromatic carbocycles. The monoisotopic (exact) mass is 318 g/mol. The Morgan fingerprint density at radius 1 is 1.09 bits per heavy atom. The third-order valence-corrected chi connectivity index (χ3v) is 2.37. The van der Waals surface area contributed by atoms with Crippen molar-refractivity contribution in [3.8, 4) is 0 Å². The summed E-state index contributed by atoms with van der Waals surface area (Å²) in [6.45, 7) is 12.4. The number of hydrogen-bond acceptors (Lipinski definition) is 5. The predicted molar refractivity (Wildman–Crippen MR) is 83.6 cm³/mol. The van der Waals surface area contributed by atoms with Crippen molar-refractivity contribution in [1.82, 2.24) is 10.6 Å². The number of ether oxygens (including phenoxy) is 2. The molecule has 0 rings (SSSR count). The molecule has 3 N–H and O–H groups in total. The number of aliphatic hydroxyl groups is 1. The van der Waals surface area contributed by atoms with Crippen LogP contribution in [0.15, 0.2) is 0 Å². The van der Waals surface area contributed by atoms with Crippen molar-refractivity contribution in [3.63, 3.8) is 0 Å². The largest absolute Gasteiger partial charge is 0.444 e. The summed E-state index contributed by atoms with van der Waals surface area (Å²) in [6, 6.07) is -0.916. The van der Waals surface area contributed by atoms with Gasteiger partial charge in [0.1, 0.15) is 11.6 Å². The van der Waals surface area contributed by atoms with Gasteiger partial charge in [0.2, 0.25) is 5.91 Å². The van der Waals surface area contributed by atoms with Crippen LogP contribution >= 0.6 is 0 Å². The Labute approximate surface area is 132 Å². The van der Waals surface area contributed by atoms with E-state index in [4.69, 9.17) is 14.6 Å². The van der Waals surface area contributed by atoms with Crippen LogP contribution in [0.2, 0.25) is 0 Å². The molecule has 0 heterocycles. The fraction of sp³-hybridized carbons (Fsp3) is 0.867. The Morgan fingerprint density at radius 3 is 2.05 bits per heavy atom. The maximum absolute atomic E-state index is 12.2. The molecule has 0 bridgehead atoms. The second-order valence-electron chi connectivity index (χ2n) is 7.07. The van der Waals surface area contributed by atoms with Crippen molar-refractivity contribution < 1.29 is 24.2 Å². The molecule has 0 aromatic rings. The molecule has 0 aliphatic carbocycles. The number of carbonyl (C=O) groups excluding carboxylic acids is 2. The highest BCUT2D eigenvalue weighted by atomic mass is 16.6. The number of aliphatic hydroxyl groups excluding tert-OH is 1. The van der Waals surface area contributed by atoms with Crippen LogP contribution in [0, 0.1) is 0 Å². The first-order valence-corrected chi connectivity index (χ1v) is 7.41. The number of alkyl carbamates (subject to hydrolysis) is 1. The molecular formula is C15H30N2O5. The molecule has 7 heteroatoms. The van der Waals surface area contributed by atoms with Gasteiger partial charge in [-0.05, 0) is 48.5 Å². The molecule has 0 radical (unpaired) electrons. The summed E-state index contributed by atoms with van der Waals surface area (Å²) in [5.74, 6) is -0.434. The van der Waals surface area contributed by atoms with Crippen LogP contribution in [-0.4, -0.2) is 53.6 Å². The minimum absolute atomic E-state index is 0.105. The Morgan fingerprint density at radius 2 is 1.64 bits per heavy atom. The van der Waals surface area contributed by atoms with Gasteiger partial charge >= 0.3 is 6.09 Å². The first kappa shape index (κ1) is 20.7. The SMILES string of the molecule is CC(OC(C)(C)C)C(NC(=O)OC(C)(C)C)C(=O)NCCO. The van der Waals surface area contributed by atoms with E-state index < -0.39 is 35.3 Å². The van der Waals surface area contributed by atoms with Crippen LogP contribution in [0.25, 0.3) is 0 Å². The van der Waals surface area contributed by atoms with Gasteiger partial charge in [-0.3, -0.25) is 4.79 Å². The normalized spacial score (nSPS) is 14.9. The third-order valence-electron chi connectivity index (χ3n) is 2.37. The summed E-state index contributed by atoms with van der Waals surface area (Å²) >= 11 is 0. The van der Waals surface area contributed by atoms with Gasteiger partial charge in [0.15, 0.2) is 0 Å². The highest BCUT2D eigenvalue weighted by molar-refractivity contribution is 5.86. The van der Waals surface area contributed by atoms with Crippen molar-refractivity contribution >= 4 is 12.0 Å². The summed E-state index contributed by atoms with van der Waals surface area (Å²) in [5, 5.41) is 13.9. The van der Waals surface area contributed by atoms with Gasteiger partial charge in [0.25, 0.3) is 0 Å². The lowest BCUT2D eigenvalue weighted by Crippen LogP contribution is -2.55. The fourth-order valence-electron chi connectivity index (χ4n) is 1.75. The van der Waals surface area contributed by atoms with E-state index in [1.165, 1.54) is 0 Å². The molecule has 0 aromatic heterocycles. The molecule has 0 aliphatic rings. The van der Waals surface area contributed by atoms with Gasteiger partial charge in [0, 0.05) is 6.54 Å². The van der Waals surface area contributed by atoms with Gasteiger partial charge < -0.3 is 25.2 Å². The zero-order valence-electron chi connectivity index (χ0n) is 14.6. The number of nitrogens with one attached hydrogen (secondary N) is 2. The molecule has 2 amide bonds. The van der Waals surface area contributed by atoms with Gasteiger partial charge in [0.05, 0.1) is 18.3 Å². The molecule has 2 unspecified atom stereocenters. The van der Waals surface area contributed by atoms with E-state index in [-0.39, 0.29) is 13.2 Å². The molecular weight excluding hydrogens is 288 g/mol. The zero-order valence-corrected chi connectivity index (χ0v) is 14.6. The standard InChI is InChI=1S/C15H30N2O5/c1-10(21-14(2,3)4)11(12(19)16-8-9-18)17-13(20)22-15(5,6)7/h10-11,18H,8-9H2,1-7H3,(H,16,19)(H,17,20). The van der Waals surface area contributed by atoms with Crippen LogP contribution in [-0.2, 0) is 14.3 Å². The summed E-state index contributed by atoms with van der Waals surface area (Å²) in [6.07, 6.45) is -1.26. The van der Waals surface area contributed by atoms with E-state index in [0.29, 0.717) is 0 Å². The van der Waals surface area contributed by atoms with E-state index in [1.54, 1.807) is 27.7 Å². The summed E-state index contributed by atoms with van der Waals surface area (Å²) in [5.41, 5.74) is -1.13. The van der Waals surface area contributed by atoms with Crippen molar-refractivity contribution in [1.29, 1.82) is 0 Å². The number of rotatable bonds is 6. The van der Waals surface area contributed by atoms with Gasteiger partial charge in [-0.1, -0.05) is 0 Å². The number of carbonyl (C=O) groups is 2. The minimum Gasteiger partial charge on any atom is -0.444 e. The predicted octanol–water partition coefficient (Wildman–Crippen LogP) is 1.19. The molecule has 0 fully saturated rings. The maximum atomic E-state index is 12.2. The Balaban J connectivity index is 4.93. The Kier molecular flexibility index (Phi) is 7.83. The van der Waals surface area contributed by atoms with Crippen molar-refractivity contribution in [2.75, 3.05) is 13.2 Å². The van der Waals surface area contributed by atoms with Crippen LogP contribution in [0.5, 0.6) is 0 Å². The average Bonchev–Trinajstić information content (AvgIpc) is 2.28. The lowest BCUT2D eigenvalue weighted by atomic mass is 10.1. The number of hydrogen-bond donors (Lipinski definition) is 3. The van der Waals surface area contributed by atoms with Crippen molar-refractivity contribution in [2.24, 2.45) is 0 Å². The van der Waals surface area contributed by atoms with Crippen molar-refractivity contribution in [2.45, 2.75) is 71.8 Å². The second kappa shape index (κ2) is 8.33. The molecule has 0 aliphatic heterocycles. The van der Waals surface area contributed by atoms with E-state index in [9.17, 15) is 9.59 Å². The van der Waals surface area contributed by atoms with Crippen LogP contribution < -0.4 is 10.6 Å². The van der Waals surface area contributed by atoms with Crippen LogP contribution in [0.3, 0.4) is 0 Å². The first-order valence-electron chi connectivity index (χ1n) is 7.41. The zero-order chi connectivity index (χ0) is 17.6. The molecule has 0 saturated carbocycles. The summed E-state index contributed by atoms with van der Waals surface area (Å²) in [7, 11) is 0. The van der Waals surface area contributed by atoms with Gasteiger partial charge in [-0.25, -0.2) is 4.79 Å². The number of amides is 2. The molecule has 7 nitrogen and oxygen atoms in total. The molecule has 22 heavy (non-hydrogen) atoms. The minimum atomic E-state index is -0.916. The fourth-order valence-corrected chi connectivity index (χ4v) is 1.75.